The molecule has 0 aliphatic carbocycles. The number of hydrogen-bond donors (Lipinski definition) is 3. The molecular formula is C44H52N10O5. The molecule has 0 bridgehead atoms. The van der Waals surface area contributed by atoms with Gasteiger partial charge in [0.05, 0.1) is 18.0 Å². The highest BCUT2D eigenvalue weighted by molar-refractivity contribution is 6.01. The minimum atomic E-state index is -0.294. The van der Waals surface area contributed by atoms with Crippen molar-refractivity contribution in [3.8, 4) is 17.0 Å². The second-order valence-corrected chi connectivity index (χ2v) is 15.5. The van der Waals surface area contributed by atoms with Gasteiger partial charge in [0.25, 0.3) is 5.91 Å². The Hall–Kier alpha value is -6.61. The van der Waals surface area contributed by atoms with E-state index in [9.17, 15) is 19.2 Å². The number of piperidine rings is 1. The average Bonchev–Trinajstić information content (AvgIpc) is 3.27. The summed E-state index contributed by atoms with van der Waals surface area (Å²) in [5.74, 6) is 0.367. The molecule has 308 valence electrons. The Labute approximate surface area is 346 Å². The maximum atomic E-state index is 13.5. The molecule has 2 aromatic heterocycles. The van der Waals surface area contributed by atoms with Crippen LogP contribution in [0.5, 0.6) is 5.88 Å². The van der Waals surface area contributed by atoms with Crippen LogP contribution >= 0.6 is 0 Å². The molecule has 4 amide bonds. The summed E-state index contributed by atoms with van der Waals surface area (Å²) in [4.78, 5) is 72.5. The number of nitrogens with zero attached hydrogens (tertiary/aromatic N) is 7. The van der Waals surface area contributed by atoms with Crippen LogP contribution in [0.15, 0.2) is 79.1 Å². The summed E-state index contributed by atoms with van der Waals surface area (Å²) in [5.41, 5.74) is 8.14. The SMILES string of the molecule is Cc1c(-c2ccc3cnc(Nc4ccc(C(=O)N5CCN(C(=O)CN6CCN(c7ccc(C8CCC(=O)NC8=O)cc7)CC6)CC5)cc4)nc3c2)cnc2c1NCCO2.[HH].[HH].[HH]. The summed E-state index contributed by atoms with van der Waals surface area (Å²) in [6.07, 6.45) is 4.53. The number of fused-ring (bicyclic) bond motifs is 2. The zero-order valence-electron chi connectivity index (χ0n) is 32.9. The zero-order chi connectivity index (χ0) is 40.5. The number of benzene rings is 3. The van der Waals surface area contributed by atoms with E-state index >= 15 is 0 Å². The number of nitrogens with one attached hydrogen (secondary N) is 3. The quantitative estimate of drug-likeness (QED) is 0.182. The molecule has 4 aliphatic heterocycles. The summed E-state index contributed by atoms with van der Waals surface area (Å²) in [7, 11) is 0. The van der Waals surface area contributed by atoms with Crippen LogP contribution < -0.4 is 25.6 Å². The first kappa shape index (κ1) is 37.9. The molecule has 0 saturated carbocycles. The van der Waals surface area contributed by atoms with E-state index in [0.717, 1.165) is 82.9 Å². The normalized spacial score (nSPS) is 18.5. The number of rotatable bonds is 8. The topological polar surface area (TPSA) is 165 Å². The van der Waals surface area contributed by atoms with Crippen LogP contribution in [0.4, 0.5) is 23.0 Å². The van der Waals surface area contributed by atoms with E-state index in [1.165, 1.54) is 0 Å². The number of anilines is 4. The van der Waals surface area contributed by atoms with E-state index in [0.29, 0.717) is 69.6 Å². The van der Waals surface area contributed by atoms with E-state index in [1.54, 1.807) is 18.3 Å². The van der Waals surface area contributed by atoms with Gasteiger partial charge in [0, 0.05) is 110 Å². The van der Waals surface area contributed by atoms with Gasteiger partial charge in [-0.25, -0.2) is 15.0 Å². The molecule has 3 fully saturated rings. The van der Waals surface area contributed by atoms with Gasteiger partial charge in [0.15, 0.2) is 0 Å². The highest BCUT2D eigenvalue weighted by Gasteiger charge is 2.29. The Morgan fingerprint density at radius 1 is 0.881 bits per heavy atom. The van der Waals surface area contributed by atoms with Crippen molar-refractivity contribution in [3.63, 3.8) is 0 Å². The Kier molecular flexibility index (Phi) is 10.5. The third-order valence-electron chi connectivity index (χ3n) is 11.8. The van der Waals surface area contributed by atoms with Crippen molar-refractivity contribution in [1.29, 1.82) is 0 Å². The van der Waals surface area contributed by atoms with Gasteiger partial charge in [0.1, 0.15) is 12.3 Å². The number of pyridine rings is 1. The first-order valence-corrected chi connectivity index (χ1v) is 20.2. The fourth-order valence-electron chi connectivity index (χ4n) is 8.31. The lowest BCUT2D eigenvalue weighted by atomic mass is 9.90. The van der Waals surface area contributed by atoms with E-state index in [2.05, 4.69) is 42.6 Å². The fraction of sp³-hybridized carbons (Fsp3) is 0.341. The minimum Gasteiger partial charge on any atom is -0.474 e. The van der Waals surface area contributed by atoms with Crippen LogP contribution in [0.2, 0.25) is 0 Å². The number of piperazine rings is 2. The van der Waals surface area contributed by atoms with Gasteiger partial charge in [-0.15, -0.1) is 0 Å². The molecule has 1 atom stereocenters. The van der Waals surface area contributed by atoms with Gasteiger partial charge in [-0.1, -0.05) is 24.3 Å². The van der Waals surface area contributed by atoms with Crippen molar-refractivity contribution in [3.05, 3.63) is 95.8 Å². The molecule has 5 aromatic rings. The third-order valence-corrected chi connectivity index (χ3v) is 11.8. The number of ether oxygens (including phenoxy) is 1. The van der Waals surface area contributed by atoms with Gasteiger partial charge in [-0.2, -0.15) is 0 Å². The van der Waals surface area contributed by atoms with Crippen molar-refractivity contribution in [2.45, 2.75) is 25.7 Å². The number of amides is 4. The largest absolute Gasteiger partial charge is 0.474 e. The van der Waals surface area contributed by atoms with Crippen LogP contribution in [0.3, 0.4) is 0 Å². The lowest BCUT2D eigenvalue weighted by molar-refractivity contribution is -0.135. The molecular weight excluding hydrogens is 749 g/mol. The second kappa shape index (κ2) is 16.3. The number of carbonyl (C=O) groups is 4. The summed E-state index contributed by atoms with van der Waals surface area (Å²) in [6.45, 7) is 8.82. The van der Waals surface area contributed by atoms with Gasteiger partial charge < -0.3 is 30.1 Å². The minimum absolute atomic E-state index is 0. The Morgan fingerprint density at radius 3 is 2.41 bits per heavy atom. The number of hydrogen-bond acceptors (Lipinski definition) is 12. The number of imide groups is 1. The Bertz CT molecular complexity index is 2430. The predicted molar refractivity (Wildman–Crippen MR) is 230 cm³/mol. The molecule has 15 nitrogen and oxygen atoms in total. The third kappa shape index (κ3) is 8.10. The molecule has 3 N–H and O–H groups in total. The van der Waals surface area contributed by atoms with Crippen molar-refractivity contribution in [2.75, 3.05) is 87.6 Å². The molecule has 0 radical (unpaired) electrons. The van der Waals surface area contributed by atoms with E-state index in [1.807, 2.05) is 70.6 Å². The summed E-state index contributed by atoms with van der Waals surface area (Å²) in [5, 5.41) is 10.0. The maximum Gasteiger partial charge on any atom is 0.253 e. The van der Waals surface area contributed by atoms with Gasteiger partial charge in [-0.05, 0) is 72.5 Å². The van der Waals surface area contributed by atoms with Gasteiger partial charge in [0.2, 0.25) is 29.5 Å². The molecule has 0 spiro atoms. The van der Waals surface area contributed by atoms with Crippen LogP contribution in [0.25, 0.3) is 22.0 Å². The second-order valence-electron chi connectivity index (χ2n) is 15.5. The standard InChI is InChI=1S/C44H46N10O5.3H2/c1-28-36(26-46-42-40(28)45-14-23-59-42)31-2-3-32-25-47-44(49-37(32)24-31)48-33-8-4-30(5-9-33)43(58)54-21-19-53(20-22-54)39(56)27-51-15-17-52(18-16-51)34-10-6-29(7-11-34)35-12-13-38(55)50-41(35)57;;;/h2-11,24-26,35,45H,12-23,27H2,1H3,(H,47,48,49)(H,50,55,57);3*1H. The number of carbonyl (C=O) groups excluding carboxylic acids is 4. The van der Waals surface area contributed by atoms with Crippen LogP contribution in [-0.2, 0) is 14.4 Å². The summed E-state index contributed by atoms with van der Waals surface area (Å²) in [6, 6.07) is 21.4. The van der Waals surface area contributed by atoms with Gasteiger partial charge in [-0.3, -0.25) is 29.4 Å². The fourth-order valence-corrected chi connectivity index (χ4v) is 8.31. The highest BCUT2D eigenvalue weighted by atomic mass is 16.5. The predicted octanol–water partition coefficient (Wildman–Crippen LogP) is 4.91. The molecule has 4 aliphatic rings. The zero-order valence-corrected chi connectivity index (χ0v) is 32.9. The Morgan fingerprint density at radius 2 is 1.64 bits per heavy atom. The number of aromatic nitrogens is 3. The maximum absolute atomic E-state index is 13.5. The molecule has 3 saturated heterocycles. The molecule has 59 heavy (non-hydrogen) atoms. The molecule has 3 aromatic carbocycles. The van der Waals surface area contributed by atoms with Crippen LogP contribution in [0.1, 0.15) is 44.5 Å². The molecule has 6 heterocycles. The van der Waals surface area contributed by atoms with E-state index in [-0.39, 0.29) is 33.8 Å². The van der Waals surface area contributed by atoms with Crippen molar-refractivity contribution in [1.82, 2.24) is 35.0 Å². The lowest BCUT2D eigenvalue weighted by Gasteiger charge is -2.38. The Balaban J connectivity index is 0.00000214. The highest BCUT2D eigenvalue weighted by Crippen LogP contribution is 2.36. The van der Waals surface area contributed by atoms with Crippen LogP contribution in [-0.4, -0.2) is 125 Å². The lowest BCUT2D eigenvalue weighted by Crippen LogP contribution is -2.54. The van der Waals surface area contributed by atoms with E-state index in [4.69, 9.17) is 9.72 Å². The van der Waals surface area contributed by atoms with E-state index < -0.39 is 0 Å². The molecule has 1 unspecified atom stereocenters. The van der Waals surface area contributed by atoms with Crippen molar-refractivity contribution < 1.29 is 28.2 Å². The van der Waals surface area contributed by atoms with Gasteiger partial charge >= 0.3 is 0 Å². The smallest absolute Gasteiger partial charge is 0.253 e. The summed E-state index contributed by atoms with van der Waals surface area (Å²) >= 11 is 0. The molecule has 9 rings (SSSR count). The van der Waals surface area contributed by atoms with Crippen molar-refractivity contribution >= 4 is 57.5 Å². The first-order valence-electron chi connectivity index (χ1n) is 20.2. The van der Waals surface area contributed by atoms with Crippen molar-refractivity contribution in [2.24, 2.45) is 0 Å². The average molecular weight is 801 g/mol. The molecule has 15 heteroatoms. The van der Waals surface area contributed by atoms with Crippen LogP contribution in [0, 0.1) is 6.92 Å². The summed E-state index contributed by atoms with van der Waals surface area (Å²) < 4.78 is 5.70. The first-order chi connectivity index (χ1) is 28.8. The monoisotopic (exact) mass is 800 g/mol.